The van der Waals surface area contributed by atoms with Crippen LogP contribution in [0.2, 0.25) is 0 Å². The number of aliphatic hydroxyl groups is 1. The van der Waals surface area contributed by atoms with Gasteiger partial charge in [-0.3, -0.25) is 0 Å². The van der Waals surface area contributed by atoms with Crippen LogP contribution in [0.5, 0.6) is 5.75 Å². The van der Waals surface area contributed by atoms with Crippen LogP contribution in [-0.4, -0.2) is 11.7 Å². The molecule has 2 atom stereocenters. The number of alkyl halides is 2. The maximum Gasteiger partial charge on any atom is 0.387 e. The molecule has 0 fully saturated rings. The molecule has 0 heterocycles. The van der Waals surface area contributed by atoms with Crippen LogP contribution in [0.25, 0.3) is 0 Å². The molecule has 86 valence electrons. The summed E-state index contributed by atoms with van der Waals surface area (Å²) in [5, 5.41) is 18.3. The Labute approximate surface area is 91.9 Å². The highest BCUT2D eigenvalue weighted by Gasteiger charge is 2.15. The average Bonchev–Trinajstić information content (AvgIpc) is 2.27. The lowest BCUT2D eigenvalue weighted by molar-refractivity contribution is -0.0498. The second-order valence-corrected chi connectivity index (χ2v) is 3.31. The van der Waals surface area contributed by atoms with Gasteiger partial charge in [0.05, 0.1) is 18.1 Å². The number of hydrogen-bond donors (Lipinski definition) is 1. The van der Waals surface area contributed by atoms with Gasteiger partial charge in [-0.2, -0.15) is 14.0 Å². The minimum Gasteiger partial charge on any atom is -0.435 e. The molecular weight excluding hydrogens is 216 g/mol. The van der Waals surface area contributed by atoms with Crippen LogP contribution in [0.1, 0.15) is 18.6 Å². The molecule has 1 aromatic carbocycles. The third-order valence-electron chi connectivity index (χ3n) is 2.12. The van der Waals surface area contributed by atoms with Gasteiger partial charge in [-0.15, -0.1) is 0 Å². The zero-order valence-corrected chi connectivity index (χ0v) is 8.60. The van der Waals surface area contributed by atoms with Gasteiger partial charge in [0, 0.05) is 0 Å². The first-order valence-electron chi connectivity index (χ1n) is 4.67. The van der Waals surface area contributed by atoms with E-state index in [0.717, 1.165) is 0 Å². The molecule has 0 aliphatic heterocycles. The Morgan fingerprint density at radius 3 is 2.31 bits per heavy atom. The molecule has 0 aliphatic carbocycles. The van der Waals surface area contributed by atoms with Gasteiger partial charge in [0.15, 0.2) is 0 Å². The maximum atomic E-state index is 11.8. The molecular formula is C11H11F2NO2. The van der Waals surface area contributed by atoms with Crippen molar-refractivity contribution in [1.82, 2.24) is 0 Å². The molecule has 2 unspecified atom stereocenters. The topological polar surface area (TPSA) is 53.2 Å². The van der Waals surface area contributed by atoms with Crippen molar-refractivity contribution >= 4 is 0 Å². The summed E-state index contributed by atoms with van der Waals surface area (Å²) in [6, 6.07) is 7.47. The molecule has 0 aliphatic rings. The molecule has 1 aromatic rings. The molecule has 0 radical (unpaired) electrons. The zero-order valence-electron chi connectivity index (χ0n) is 8.60. The number of nitriles is 1. The molecule has 0 saturated heterocycles. The van der Waals surface area contributed by atoms with Crippen LogP contribution in [-0.2, 0) is 0 Å². The maximum absolute atomic E-state index is 11.8. The van der Waals surface area contributed by atoms with E-state index in [1.54, 1.807) is 6.92 Å². The van der Waals surface area contributed by atoms with E-state index in [1.165, 1.54) is 24.3 Å². The van der Waals surface area contributed by atoms with Crippen molar-refractivity contribution in [2.24, 2.45) is 5.92 Å². The van der Waals surface area contributed by atoms with E-state index in [-0.39, 0.29) is 5.75 Å². The molecule has 16 heavy (non-hydrogen) atoms. The third-order valence-corrected chi connectivity index (χ3v) is 2.12. The Kier molecular flexibility index (Phi) is 4.20. The largest absolute Gasteiger partial charge is 0.435 e. The molecule has 0 saturated carbocycles. The first kappa shape index (κ1) is 12.4. The second kappa shape index (κ2) is 5.42. The summed E-state index contributed by atoms with van der Waals surface area (Å²) in [6.45, 7) is -1.29. The molecule has 5 heteroatoms. The highest BCUT2D eigenvalue weighted by Crippen LogP contribution is 2.23. The van der Waals surface area contributed by atoms with Crippen LogP contribution in [0.4, 0.5) is 8.78 Å². The van der Waals surface area contributed by atoms with Gasteiger partial charge >= 0.3 is 6.61 Å². The number of aliphatic hydroxyl groups excluding tert-OH is 1. The fourth-order valence-electron chi connectivity index (χ4n) is 1.21. The standard InChI is InChI=1S/C11H11F2NO2/c1-7(6-14)10(15)8-2-4-9(5-3-8)16-11(12)13/h2-5,7,10-11,15H,1H3. The van der Waals surface area contributed by atoms with E-state index in [9.17, 15) is 13.9 Å². The lowest BCUT2D eigenvalue weighted by Crippen LogP contribution is -2.07. The molecule has 1 N–H and O–H groups in total. The quantitative estimate of drug-likeness (QED) is 0.859. The zero-order chi connectivity index (χ0) is 12.1. The van der Waals surface area contributed by atoms with Crippen molar-refractivity contribution in [2.75, 3.05) is 0 Å². The SMILES string of the molecule is CC(C#N)C(O)c1ccc(OC(F)F)cc1. The summed E-state index contributed by atoms with van der Waals surface area (Å²) in [5.41, 5.74) is 0.496. The molecule has 0 aromatic heterocycles. The van der Waals surface area contributed by atoms with Crippen LogP contribution >= 0.6 is 0 Å². The van der Waals surface area contributed by atoms with Crippen LogP contribution in [0, 0.1) is 17.2 Å². The Morgan fingerprint density at radius 2 is 1.88 bits per heavy atom. The first-order chi connectivity index (χ1) is 7.54. The third kappa shape index (κ3) is 3.17. The Morgan fingerprint density at radius 1 is 1.31 bits per heavy atom. The number of ether oxygens (including phenoxy) is 1. The number of benzene rings is 1. The number of rotatable bonds is 4. The Bertz CT molecular complexity index is 373. The lowest BCUT2D eigenvalue weighted by atomic mass is 9.99. The average molecular weight is 227 g/mol. The van der Waals surface area contributed by atoms with Crippen LogP contribution < -0.4 is 4.74 Å². The summed E-state index contributed by atoms with van der Waals surface area (Å²) in [7, 11) is 0. The van der Waals surface area contributed by atoms with Crippen molar-refractivity contribution in [3.8, 4) is 11.8 Å². The molecule has 0 amide bonds. The van der Waals surface area contributed by atoms with Gasteiger partial charge < -0.3 is 9.84 Å². The highest BCUT2D eigenvalue weighted by atomic mass is 19.3. The van der Waals surface area contributed by atoms with Gasteiger partial charge in [-0.05, 0) is 24.6 Å². The van der Waals surface area contributed by atoms with E-state index in [4.69, 9.17) is 5.26 Å². The van der Waals surface area contributed by atoms with Gasteiger partial charge in [0.25, 0.3) is 0 Å². The number of nitrogens with zero attached hydrogens (tertiary/aromatic N) is 1. The van der Waals surface area contributed by atoms with E-state index in [0.29, 0.717) is 5.56 Å². The summed E-state index contributed by atoms with van der Waals surface area (Å²) in [5.74, 6) is -0.530. The molecule has 0 spiro atoms. The van der Waals surface area contributed by atoms with E-state index in [1.807, 2.05) is 6.07 Å². The predicted octanol–water partition coefficient (Wildman–Crippen LogP) is 2.48. The predicted molar refractivity (Wildman–Crippen MR) is 52.8 cm³/mol. The van der Waals surface area contributed by atoms with Gasteiger partial charge in [-0.1, -0.05) is 12.1 Å². The first-order valence-corrected chi connectivity index (χ1v) is 4.67. The van der Waals surface area contributed by atoms with Gasteiger partial charge in [0.2, 0.25) is 0 Å². The summed E-state index contributed by atoms with van der Waals surface area (Å²) >= 11 is 0. The Hall–Kier alpha value is -1.67. The summed E-state index contributed by atoms with van der Waals surface area (Å²) in [4.78, 5) is 0. The Balaban J connectivity index is 2.75. The summed E-state index contributed by atoms with van der Waals surface area (Å²) in [6.07, 6.45) is -0.925. The molecule has 1 rings (SSSR count). The number of halogens is 2. The van der Waals surface area contributed by atoms with Crippen LogP contribution in [0.3, 0.4) is 0 Å². The van der Waals surface area contributed by atoms with E-state index >= 15 is 0 Å². The van der Waals surface area contributed by atoms with Crippen LogP contribution in [0.15, 0.2) is 24.3 Å². The van der Waals surface area contributed by atoms with Crippen molar-refractivity contribution < 1.29 is 18.6 Å². The smallest absolute Gasteiger partial charge is 0.387 e. The minimum absolute atomic E-state index is 0.0237. The number of hydrogen-bond acceptors (Lipinski definition) is 3. The summed E-state index contributed by atoms with van der Waals surface area (Å²) < 4.78 is 27.9. The fraction of sp³-hybridized carbons (Fsp3) is 0.364. The van der Waals surface area contributed by atoms with E-state index in [2.05, 4.69) is 4.74 Å². The van der Waals surface area contributed by atoms with Crippen molar-refractivity contribution in [3.05, 3.63) is 29.8 Å². The van der Waals surface area contributed by atoms with Crippen molar-refractivity contribution in [2.45, 2.75) is 19.6 Å². The van der Waals surface area contributed by atoms with Gasteiger partial charge in [-0.25, -0.2) is 0 Å². The second-order valence-electron chi connectivity index (χ2n) is 3.31. The minimum atomic E-state index is -2.87. The molecule has 3 nitrogen and oxygen atoms in total. The highest BCUT2D eigenvalue weighted by molar-refractivity contribution is 5.29. The fourth-order valence-corrected chi connectivity index (χ4v) is 1.21. The lowest BCUT2D eigenvalue weighted by Gasteiger charge is -2.13. The van der Waals surface area contributed by atoms with Crippen molar-refractivity contribution in [1.29, 1.82) is 5.26 Å². The van der Waals surface area contributed by atoms with Gasteiger partial charge in [0.1, 0.15) is 5.75 Å². The monoisotopic (exact) mass is 227 g/mol. The molecule has 0 bridgehead atoms. The van der Waals surface area contributed by atoms with Crippen molar-refractivity contribution in [3.63, 3.8) is 0 Å². The van der Waals surface area contributed by atoms with E-state index < -0.39 is 18.6 Å². The normalized spacial score (nSPS) is 14.2.